The van der Waals surface area contributed by atoms with Crippen LogP contribution in [0.15, 0.2) is 24.3 Å². The molecule has 0 bridgehead atoms. The Labute approximate surface area is 118 Å². The van der Waals surface area contributed by atoms with Crippen LogP contribution in [0.1, 0.15) is 41.1 Å². The molecule has 0 radical (unpaired) electrons. The minimum absolute atomic E-state index is 0.802. The van der Waals surface area contributed by atoms with Gasteiger partial charge in [0, 0.05) is 17.7 Å². The van der Waals surface area contributed by atoms with Gasteiger partial charge in [-0.2, -0.15) is 0 Å². The Morgan fingerprint density at radius 2 is 2.11 bits per heavy atom. The summed E-state index contributed by atoms with van der Waals surface area (Å²) in [6, 6.07) is 8.56. The molecule has 0 unspecified atom stereocenters. The van der Waals surface area contributed by atoms with Crippen molar-refractivity contribution in [3.05, 3.63) is 57.1 Å². The number of hydrogen-bond acceptors (Lipinski definition) is 2. The lowest BCUT2D eigenvalue weighted by molar-refractivity contribution is 0.653. The molecule has 1 aromatic heterocycles. The first-order chi connectivity index (χ1) is 9.22. The van der Waals surface area contributed by atoms with Gasteiger partial charge in [-0.3, -0.25) is 0 Å². The van der Waals surface area contributed by atoms with Crippen LogP contribution in [0.5, 0.6) is 0 Å². The zero-order chi connectivity index (χ0) is 13.2. The molecule has 98 valence electrons. The summed E-state index contributed by atoms with van der Waals surface area (Å²) in [5.74, 6) is 0.997. The van der Waals surface area contributed by atoms with Crippen LogP contribution in [0.4, 0.5) is 0 Å². The predicted octanol–water partition coefficient (Wildman–Crippen LogP) is 3.92. The molecule has 1 aliphatic carbocycles. The fourth-order valence-electron chi connectivity index (χ4n) is 2.77. The van der Waals surface area contributed by atoms with Crippen molar-refractivity contribution in [1.82, 2.24) is 9.97 Å². The summed E-state index contributed by atoms with van der Waals surface area (Å²) >= 11 is 5.44. The number of aromatic amines is 1. The van der Waals surface area contributed by atoms with Crippen molar-refractivity contribution in [1.29, 1.82) is 0 Å². The first kappa shape index (κ1) is 12.5. The average Bonchev–Trinajstić information content (AvgIpc) is 2.39. The van der Waals surface area contributed by atoms with E-state index in [1.54, 1.807) is 0 Å². The van der Waals surface area contributed by atoms with Gasteiger partial charge in [0.2, 0.25) is 0 Å². The SMILES string of the molecule is Cc1cccc(Cc2nc(=S)c3c([nH]2)CCCC3)c1. The number of hydrogen-bond donors (Lipinski definition) is 1. The lowest BCUT2D eigenvalue weighted by atomic mass is 9.97. The molecule has 2 aromatic rings. The number of aryl methyl sites for hydroxylation is 2. The van der Waals surface area contributed by atoms with E-state index in [2.05, 4.69) is 41.2 Å². The summed E-state index contributed by atoms with van der Waals surface area (Å²) in [7, 11) is 0. The second-order valence-electron chi connectivity index (χ2n) is 5.32. The number of nitrogens with one attached hydrogen (secondary N) is 1. The summed E-state index contributed by atoms with van der Waals surface area (Å²) in [4.78, 5) is 8.07. The highest BCUT2D eigenvalue weighted by Gasteiger charge is 2.13. The van der Waals surface area contributed by atoms with Crippen molar-refractivity contribution < 1.29 is 0 Å². The average molecular weight is 270 g/mol. The Morgan fingerprint density at radius 1 is 1.26 bits per heavy atom. The van der Waals surface area contributed by atoms with Crippen LogP contribution in [0, 0.1) is 11.6 Å². The first-order valence-corrected chi connectivity index (χ1v) is 7.30. The summed E-state index contributed by atoms with van der Waals surface area (Å²) in [5, 5.41) is 0. The van der Waals surface area contributed by atoms with Gasteiger partial charge in [0.1, 0.15) is 10.5 Å². The molecule has 0 amide bonds. The summed E-state index contributed by atoms with van der Waals surface area (Å²) < 4.78 is 0.802. The van der Waals surface area contributed by atoms with Gasteiger partial charge in [-0.05, 0) is 38.2 Å². The molecule has 2 nitrogen and oxygen atoms in total. The molecular weight excluding hydrogens is 252 g/mol. The van der Waals surface area contributed by atoms with E-state index in [-0.39, 0.29) is 0 Å². The number of rotatable bonds is 2. The minimum atomic E-state index is 0.802. The number of aromatic nitrogens is 2. The molecule has 1 heterocycles. The molecule has 1 N–H and O–H groups in total. The maximum absolute atomic E-state index is 5.44. The van der Waals surface area contributed by atoms with Crippen molar-refractivity contribution in [2.45, 2.75) is 39.0 Å². The van der Waals surface area contributed by atoms with E-state index in [4.69, 9.17) is 12.2 Å². The fourth-order valence-corrected chi connectivity index (χ4v) is 3.11. The number of benzene rings is 1. The highest BCUT2D eigenvalue weighted by Crippen LogP contribution is 2.20. The van der Waals surface area contributed by atoms with Crippen molar-refractivity contribution >= 4 is 12.2 Å². The third-order valence-electron chi connectivity index (χ3n) is 3.71. The van der Waals surface area contributed by atoms with Crippen LogP contribution in [-0.4, -0.2) is 9.97 Å². The first-order valence-electron chi connectivity index (χ1n) is 6.89. The molecule has 1 aliphatic rings. The third kappa shape index (κ3) is 2.76. The van der Waals surface area contributed by atoms with Crippen LogP contribution < -0.4 is 0 Å². The smallest absolute Gasteiger partial charge is 0.133 e. The maximum Gasteiger partial charge on any atom is 0.133 e. The molecular formula is C16H18N2S. The van der Waals surface area contributed by atoms with Crippen molar-refractivity contribution in [3.63, 3.8) is 0 Å². The number of H-pyrrole nitrogens is 1. The van der Waals surface area contributed by atoms with E-state index < -0.39 is 0 Å². The van der Waals surface area contributed by atoms with Crippen LogP contribution in [0.25, 0.3) is 0 Å². The van der Waals surface area contributed by atoms with Gasteiger partial charge in [-0.1, -0.05) is 42.0 Å². The monoisotopic (exact) mass is 270 g/mol. The largest absolute Gasteiger partial charge is 0.347 e. The Kier molecular flexibility index (Phi) is 3.47. The lowest BCUT2D eigenvalue weighted by Gasteiger charge is -2.16. The molecule has 3 heteroatoms. The lowest BCUT2D eigenvalue weighted by Crippen LogP contribution is -2.10. The molecule has 19 heavy (non-hydrogen) atoms. The second kappa shape index (κ2) is 5.25. The molecule has 3 rings (SSSR count). The van der Waals surface area contributed by atoms with E-state index in [0.29, 0.717) is 0 Å². The normalized spacial score (nSPS) is 14.2. The molecule has 0 aliphatic heterocycles. The molecule has 0 spiro atoms. The Balaban J connectivity index is 1.94. The van der Waals surface area contributed by atoms with E-state index in [9.17, 15) is 0 Å². The van der Waals surface area contributed by atoms with Crippen LogP contribution >= 0.6 is 12.2 Å². The Morgan fingerprint density at radius 3 is 2.95 bits per heavy atom. The minimum Gasteiger partial charge on any atom is -0.347 e. The van der Waals surface area contributed by atoms with Crippen molar-refractivity contribution in [3.8, 4) is 0 Å². The molecule has 1 aromatic carbocycles. The van der Waals surface area contributed by atoms with Crippen LogP contribution in [0.2, 0.25) is 0 Å². The quantitative estimate of drug-likeness (QED) is 0.838. The maximum atomic E-state index is 5.44. The van der Waals surface area contributed by atoms with Gasteiger partial charge in [0.15, 0.2) is 0 Å². The van der Waals surface area contributed by atoms with Gasteiger partial charge in [0.05, 0.1) is 0 Å². The summed E-state index contributed by atoms with van der Waals surface area (Å²) in [5.41, 5.74) is 5.16. The van der Waals surface area contributed by atoms with Crippen LogP contribution in [0.3, 0.4) is 0 Å². The van der Waals surface area contributed by atoms with Gasteiger partial charge >= 0.3 is 0 Å². The molecule has 0 fully saturated rings. The Bertz CT molecular complexity index is 658. The molecule has 0 saturated carbocycles. The summed E-state index contributed by atoms with van der Waals surface area (Å²) in [6.45, 7) is 2.12. The van der Waals surface area contributed by atoms with Crippen molar-refractivity contribution in [2.75, 3.05) is 0 Å². The standard InChI is InChI=1S/C16H18N2S/c1-11-5-4-6-12(9-11)10-15-17-14-8-3-2-7-13(14)16(19)18-15/h4-6,9H,2-3,7-8,10H2,1H3,(H,17,18,19). The van der Waals surface area contributed by atoms with E-state index >= 15 is 0 Å². The predicted molar refractivity (Wildman–Crippen MR) is 80.0 cm³/mol. The van der Waals surface area contributed by atoms with E-state index in [0.717, 1.165) is 29.7 Å². The van der Waals surface area contributed by atoms with Gasteiger partial charge in [-0.15, -0.1) is 0 Å². The number of nitrogens with zero attached hydrogens (tertiary/aromatic N) is 1. The van der Waals surface area contributed by atoms with Crippen LogP contribution in [-0.2, 0) is 19.3 Å². The third-order valence-corrected chi connectivity index (χ3v) is 4.05. The summed E-state index contributed by atoms with van der Waals surface area (Å²) in [6.07, 6.45) is 5.53. The zero-order valence-corrected chi connectivity index (χ0v) is 12.0. The number of fused-ring (bicyclic) bond motifs is 1. The van der Waals surface area contributed by atoms with E-state index in [1.165, 1.54) is 35.2 Å². The molecule has 0 atom stereocenters. The van der Waals surface area contributed by atoms with Gasteiger partial charge < -0.3 is 4.98 Å². The zero-order valence-electron chi connectivity index (χ0n) is 11.2. The molecule has 0 saturated heterocycles. The fraction of sp³-hybridized carbons (Fsp3) is 0.375. The topological polar surface area (TPSA) is 28.7 Å². The second-order valence-corrected chi connectivity index (χ2v) is 5.71. The Hall–Kier alpha value is -1.48. The van der Waals surface area contributed by atoms with Gasteiger partial charge in [-0.25, -0.2) is 4.98 Å². The highest BCUT2D eigenvalue weighted by molar-refractivity contribution is 7.71. The van der Waals surface area contributed by atoms with Crippen molar-refractivity contribution in [2.24, 2.45) is 0 Å². The van der Waals surface area contributed by atoms with E-state index in [1.807, 2.05) is 0 Å². The van der Waals surface area contributed by atoms with Gasteiger partial charge in [0.25, 0.3) is 0 Å². The highest BCUT2D eigenvalue weighted by atomic mass is 32.1.